The summed E-state index contributed by atoms with van der Waals surface area (Å²) >= 11 is 0. The van der Waals surface area contributed by atoms with Crippen LogP contribution in [0, 0.1) is 0 Å². The van der Waals surface area contributed by atoms with Crippen molar-refractivity contribution in [2.45, 2.75) is 128 Å². The summed E-state index contributed by atoms with van der Waals surface area (Å²) in [5, 5.41) is 0. The fourth-order valence-corrected chi connectivity index (χ4v) is 5.12. The lowest BCUT2D eigenvalue weighted by molar-refractivity contribution is -0.890. The maximum atomic E-state index is 5.28. The van der Waals surface area contributed by atoms with E-state index in [0.717, 1.165) is 14.0 Å². The molecule has 0 saturated carbocycles. The van der Waals surface area contributed by atoms with Gasteiger partial charge in [-0.3, -0.25) is 0 Å². The van der Waals surface area contributed by atoms with Crippen LogP contribution in [0.2, 0.25) is 6.04 Å². The van der Waals surface area contributed by atoms with Crippen LogP contribution in [0.5, 0.6) is 0 Å². The third-order valence-electron chi connectivity index (χ3n) is 6.30. The molecular formula is C26H56ClNO2Si. The van der Waals surface area contributed by atoms with Gasteiger partial charge in [0.05, 0.1) is 27.2 Å². The van der Waals surface area contributed by atoms with E-state index in [2.05, 4.69) is 21.0 Å². The van der Waals surface area contributed by atoms with E-state index in [1.807, 2.05) is 0 Å². The first-order valence-corrected chi connectivity index (χ1v) is 14.4. The number of halogens is 1. The highest BCUT2D eigenvalue weighted by Crippen LogP contribution is 2.14. The van der Waals surface area contributed by atoms with Gasteiger partial charge >= 0.3 is 0 Å². The summed E-state index contributed by atoms with van der Waals surface area (Å²) < 4.78 is 11.7. The van der Waals surface area contributed by atoms with E-state index < -0.39 is 0 Å². The quantitative estimate of drug-likeness (QED) is 0.0886. The molecule has 2 radical (unpaired) electrons. The molecule has 0 aromatic heterocycles. The van der Waals surface area contributed by atoms with Crippen LogP contribution in [0.15, 0.2) is 0 Å². The number of nitrogens with zero attached hydrogens (tertiary/aromatic N) is 1. The van der Waals surface area contributed by atoms with E-state index in [-0.39, 0.29) is 18.3 Å². The van der Waals surface area contributed by atoms with Crippen molar-refractivity contribution in [3.8, 4) is 0 Å². The molecule has 188 valence electrons. The lowest BCUT2D eigenvalue weighted by atomic mass is 10.0. The maximum absolute atomic E-state index is 5.28. The number of hydrogen-bond acceptors (Lipinski definition) is 2. The van der Waals surface area contributed by atoms with Gasteiger partial charge in [-0.15, -0.1) is 0 Å². The fourth-order valence-electron chi connectivity index (χ4n) is 4.19. The van der Waals surface area contributed by atoms with E-state index in [1.165, 1.54) is 128 Å². The van der Waals surface area contributed by atoms with Gasteiger partial charge < -0.3 is 26.4 Å². The standard InChI is InChI=1S/C26H56NO2Si.ClH/c1-6-7-8-9-10-11-12-13-14-15-16-17-18-19-20-21-23-27(2,3)24-22-25-30-26(28-4)29-5;/h26H,6-25H2,1-5H3;1H/q+1;/p-1. The van der Waals surface area contributed by atoms with Crippen LogP contribution in [0.1, 0.15) is 116 Å². The highest BCUT2D eigenvalue weighted by atomic mass is 35.5. The van der Waals surface area contributed by atoms with E-state index in [4.69, 9.17) is 9.47 Å². The highest BCUT2D eigenvalue weighted by Gasteiger charge is 2.15. The van der Waals surface area contributed by atoms with Crippen molar-refractivity contribution in [1.82, 2.24) is 0 Å². The number of rotatable bonds is 24. The van der Waals surface area contributed by atoms with Gasteiger partial charge in [-0.05, 0) is 19.3 Å². The molecule has 0 rings (SSSR count). The topological polar surface area (TPSA) is 18.5 Å². The smallest absolute Gasteiger partial charge is 0.136 e. The Hall–Kier alpha value is 0.387. The summed E-state index contributed by atoms with van der Waals surface area (Å²) in [5.74, 6) is 0.000863. The first kappa shape index (κ1) is 33.6. The molecule has 0 unspecified atom stereocenters. The van der Waals surface area contributed by atoms with Crippen LogP contribution < -0.4 is 12.4 Å². The van der Waals surface area contributed by atoms with Gasteiger partial charge in [-0.2, -0.15) is 0 Å². The lowest BCUT2D eigenvalue weighted by Gasteiger charge is -2.30. The molecule has 0 atom stereocenters. The molecule has 0 N–H and O–H groups in total. The zero-order chi connectivity index (χ0) is 22.3. The van der Waals surface area contributed by atoms with Crippen LogP contribution in [-0.4, -0.2) is 61.3 Å². The van der Waals surface area contributed by atoms with Gasteiger partial charge in [0.1, 0.15) is 15.4 Å². The van der Waals surface area contributed by atoms with Crippen LogP contribution in [0.3, 0.4) is 0 Å². The minimum absolute atomic E-state index is 0. The zero-order valence-corrected chi connectivity index (χ0v) is 23.6. The molecule has 0 aromatic carbocycles. The predicted molar refractivity (Wildman–Crippen MR) is 134 cm³/mol. The second-order valence-electron chi connectivity index (χ2n) is 9.80. The minimum Gasteiger partial charge on any atom is -1.00 e. The first-order chi connectivity index (χ1) is 14.6. The Morgan fingerprint density at radius 1 is 0.581 bits per heavy atom. The average molecular weight is 478 g/mol. The van der Waals surface area contributed by atoms with E-state index in [0.29, 0.717) is 0 Å². The molecular weight excluding hydrogens is 422 g/mol. The van der Waals surface area contributed by atoms with E-state index in [9.17, 15) is 0 Å². The predicted octanol–water partition coefficient (Wildman–Crippen LogP) is 4.42. The van der Waals surface area contributed by atoms with Crippen LogP contribution in [0.4, 0.5) is 0 Å². The third-order valence-corrected chi connectivity index (χ3v) is 7.74. The van der Waals surface area contributed by atoms with Crippen molar-refractivity contribution in [3.63, 3.8) is 0 Å². The van der Waals surface area contributed by atoms with Crippen molar-refractivity contribution < 1.29 is 26.4 Å². The summed E-state index contributed by atoms with van der Waals surface area (Å²) in [6.07, 6.45) is 24.4. The van der Waals surface area contributed by atoms with Crippen molar-refractivity contribution >= 4 is 9.52 Å². The molecule has 31 heavy (non-hydrogen) atoms. The maximum Gasteiger partial charge on any atom is 0.136 e. The Morgan fingerprint density at radius 2 is 0.935 bits per heavy atom. The molecule has 3 nitrogen and oxygen atoms in total. The van der Waals surface area contributed by atoms with Gasteiger partial charge in [-0.25, -0.2) is 0 Å². The van der Waals surface area contributed by atoms with E-state index >= 15 is 0 Å². The van der Waals surface area contributed by atoms with Gasteiger partial charge in [0.25, 0.3) is 0 Å². The van der Waals surface area contributed by atoms with Gasteiger partial charge in [0, 0.05) is 14.2 Å². The fraction of sp³-hybridized carbons (Fsp3) is 1.00. The summed E-state index contributed by atoms with van der Waals surface area (Å²) in [6, 6.07) is 1.22. The molecule has 0 aliphatic heterocycles. The number of quaternary nitrogens is 1. The molecule has 0 bridgehead atoms. The Balaban J connectivity index is 0. The van der Waals surface area contributed by atoms with Crippen molar-refractivity contribution in [2.24, 2.45) is 0 Å². The molecule has 0 fully saturated rings. The van der Waals surface area contributed by atoms with Crippen LogP contribution in [-0.2, 0) is 9.47 Å². The van der Waals surface area contributed by atoms with Crippen molar-refractivity contribution in [3.05, 3.63) is 0 Å². The van der Waals surface area contributed by atoms with E-state index in [1.54, 1.807) is 14.2 Å². The molecule has 0 aromatic rings. The second-order valence-corrected chi connectivity index (χ2v) is 11.2. The monoisotopic (exact) mass is 477 g/mol. The number of unbranched alkanes of at least 4 members (excludes halogenated alkanes) is 15. The summed E-state index contributed by atoms with van der Waals surface area (Å²) in [4.78, 5) is 0. The normalized spacial score (nSPS) is 11.8. The molecule has 0 amide bonds. The van der Waals surface area contributed by atoms with Crippen molar-refractivity contribution in [2.75, 3.05) is 41.4 Å². The number of methoxy groups -OCH3 is 2. The Morgan fingerprint density at radius 3 is 1.32 bits per heavy atom. The SMILES string of the molecule is CCCCCCCCCCCCCCCCCC[N+](C)(C)CCC[Si]C(OC)OC.[Cl-]. The molecule has 0 spiro atoms. The highest BCUT2D eigenvalue weighted by molar-refractivity contribution is 6.36. The third kappa shape index (κ3) is 24.9. The Labute approximate surface area is 205 Å². The summed E-state index contributed by atoms with van der Waals surface area (Å²) in [5.41, 5.74) is 0. The average Bonchev–Trinajstić information content (AvgIpc) is 2.73. The molecule has 0 aliphatic carbocycles. The lowest BCUT2D eigenvalue weighted by Crippen LogP contribution is -3.00. The Kier molecular flexibility index (Phi) is 27.1. The minimum atomic E-state index is 0. The molecule has 0 aliphatic rings. The molecule has 5 heteroatoms. The Bertz CT molecular complexity index is 341. The summed E-state index contributed by atoms with van der Waals surface area (Å²) in [6.45, 7) is 4.89. The van der Waals surface area contributed by atoms with Gasteiger partial charge in [0.15, 0.2) is 0 Å². The first-order valence-electron chi connectivity index (χ1n) is 13.2. The number of hydrogen-bond donors (Lipinski definition) is 0. The molecule has 0 saturated heterocycles. The van der Waals surface area contributed by atoms with Gasteiger partial charge in [-0.1, -0.05) is 103 Å². The van der Waals surface area contributed by atoms with Gasteiger partial charge in [0.2, 0.25) is 0 Å². The molecule has 0 heterocycles. The van der Waals surface area contributed by atoms with Crippen LogP contribution in [0.25, 0.3) is 0 Å². The second kappa shape index (κ2) is 25.0. The van der Waals surface area contributed by atoms with Crippen LogP contribution >= 0.6 is 0 Å². The summed E-state index contributed by atoms with van der Waals surface area (Å²) in [7, 11) is 9.00. The van der Waals surface area contributed by atoms with Crippen molar-refractivity contribution in [1.29, 1.82) is 0 Å². The zero-order valence-electron chi connectivity index (χ0n) is 21.9. The number of ether oxygens (including phenoxy) is 2. The largest absolute Gasteiger partial charge is 1.00 e.